The topological polar surface area (TPSA) is 70.8 Å². The lowest BCUT2D eigenvalue weighted by Crippen LogP contribution is -2.47. The summed E-state index contributed by atoms with van der Waals surface area (Å²) in [6, 6.07) is 5.37. The molecule has 2 heterocycles. The first-order valence-electron chi connectivity index (χ1n) is 7.61. The monoisotopic (exact) mass is 335 g/mol. The number of aliphatic carboxylic acids is 1. The second-order valence-corrected chi connectivity index (χ2v) is 6.50. The van der Waals surface area contributed by atoms with Gasteiger partial charge in [-0.25, -0.2) is 0 Å². The SMILES string of the molecule is Cc1c(C(=O)N2CC(C(=O)O)CCC2C)oc2c(Cl)cccc12. The van der Waals surface area contributed by atoms with Gasteiger partial charge in [-0.2, -0.15) is 0 Å². The number of fused-ring (bicyclic) bond motifs is 1. The minimum absolute atomic E-state index is 0.0128. The van der Waals surface area contributed by atoms with E-state index in [-0.39, 0.29) is 24.3 Å². The first-order valence-corrected chi connectivity index (χ1v) is 7.99. The molecule has 0 saturated carbocycles. The molecule has 1 aliphatic rings. The molecule has 1 aromatic carbocycles. The number of para-hydroxylation sites is 1. The van der Waals surface area contributed by atoms with Gasteiger partial charge in [-0.15, -0.1) is 0 Å². The Morgan fingerprint density at radius 2 is 2.09 bits per heavy atom. The number of benzene rings is 1. The van der Waals surface area contributed by atoms with Gasteiger partial charge in [0.1, 0.15) is 0 Å². The number of piperidine rings is 1. The van der Waals surface area contributed by atoms with Gasteiger partial charge < -0.3 is 14.4 Å². The van der Waals surface area contributed by atoms with Crippen molar-refractivity contribution in [2.45, 2.75) is 32.7 Å². The summed E-state index contributed by atoms with van der Waals surface area (Å²) in [5, 5.41) is 10.5. The number of halogens is 1. The Morgan fingerprint density at radius 1 is 1.35 bits per heavy atom. The summed E-state index contributed by atoms with van der Waals surface area (Å²) < 4.78 is 5.72. The van der Waals surface area contributed by atoms with Crippen LogP contribution in [-0.4, -0.2) is 34.5 Å². The first-order chi connectivity index (χ1) is 10.9. The Bertz CT molecular complexity index is 782. The van der Waals surface area contributed by atoms with Crippen molar-refractivity contribution in [3.8, 4) is 0 Å². The van der Waals surface area contributed by atoms with Crippen molar-refractivity contribution in [2.75, 3.05) is 6.54 Å². The molecule has 2 unspecified atom stereocenters. The predicted octanol–water partition coefficient (Wildman–Crippen LogP) is 3.72. The van der Waals surface area contributed by atoms with Crippen LogP contribution in [0.15, 0.2) is 22.6 Å². The maximum atomic E-state index is 12.9. The Morgan fingerprint density at radius 3 is 2.74 bits per heavy atom. The van der Waals surface area contributed by atoms with Crippen molar-refractivity contribution in [1.29, 1.82) is 0 Å². The average molecular weight is 336 g/mol. The van der Waals surface area contributed by atoms with Gasteiger partial charge in [0.25, 0.3) is 5.91 Å². The van der Waals surface area contributed by atoms with Crippen molar-refractivity contribution in [3.63, 3.8) is 0 Å². The van der Waals surface area contributed by atoms with Gasteiger partial charge in [0.2, 0.25) is 0 Å². The van der Waals surface area contributed by atoms with Crippen molar-refractivity contribution in [3.05, 3.63) is 34.5 Å². The molecule has 6 heteroatoms. The van der Waals surface area contributed by atoms with Crippen molar-refractivity contribution >= 4 is 34.4 Å². The molecular formula is C17H18ClNO4. The van der Waals surface area contributed by atoms with E-state index in [1.54, 1.807) is 11.0 Å². The second kappa shape index (κ2) is 5.89. The van der Waals surface area contributed by atoms with Crippen LogP contribution in [0.5, 0.6) is 0 Å². The van der Waals surface area contributed by atoms with Gasteiger partial charge in [-0.3, -0.25) is 9.59 Å². The molecule has 2 aromatic rings. The van der Waals surface area contributed by atoms with Gasteiger partial charge >= 0.3 is 5.97 Å². The molecule has 3 rings (SSSR count). The van der Waals surface area contributed by atoms with E-state index < -0.39 is 11.9 Å². The lowest BCUT2D eigenvalue weighted by atomic mass is 9.93. The lowest BCUT2D eigenvalue weighted by molar-refractivity contribution is -0.143. The number of rotatable bonds is 2. The smallest absolute Gasteiger partial charge is 0.308 e. The molecule has 1 N–H and O–H groups in total. The minimum Gasteiger partial charge on any atom is -0.481 e. The van der Waals surface area contributed by atoms with E-state index in [1.165, 1.54) is 0 Å². The average Bonchev–Trinajstić information content (AvgIpc) is 2.86. The summed E-state index contributed by atoms with van der Waals surface area (Å²) in [4.78, 5) is 25.7. The van der Waals surface area contributed by atoms with Gasteiger partial charge in [0, 0.05) is 23.5 Å². The molecule has 1 amide bonds. The molecule has 0 bridgehead atoms. The zero-order chi connectivity index (χ0) is 16.7. The van der Waals surface area contributed by atoms with E-state index in [0.717, 1.165) is 10.9 Å². The molecule has 0 spiro atoms. The highest BCUT2D eigenvalue weighted by Gasteiger charge is 2.35. The number of aryl methyl sites for hydroxylation is 1. The predicted molar refractivity (Wildman–Crippen MR) is 86.8 cm³/mol. The van der Waals surface area contributed by atoms with E-state index in [9.17, 15) is 14.7 Å². The summed E-state index contributed by atoms with van der Waals surface area (Å²) in [5.74, 6) is -1.42. The van der Waals surface area contributed by atoms with Crippen LogP contribution in [0.25, 0.3) is 11.0 Å². The number of carboxylic acids is 1. The normalized spacial score (nSPS) is 21.6. The maximum absolute atomic E-state index is 12.9. The third kappa shape index (κ3) is 2.70. The van der Waals surface area contributed by atoms with Crippen molar-refractivity contribution in [2.24, 2.45) is 5.92 Å². The Hall–Kier alpha value is -2.01. The van der Waals surface area contributed by atoms with Crippen LogP contribution in [0.1, 0.15) is 35.9 Å². The molecule has 5 nitrogen and oxygen atoms in total. The number of amides is 1. The molecule has 1 fully saturated rings. The van der Waals surface area contributed by atoms with Gasteiger partial charge in [0.05, 0.1) is 10.9 Å². The zero-order valence-electron chi connectivity index (χ0n) is 13.0. The van der Waals surface area contributed by atoms with Crippen LogP contribution in [0.3, 0.4) is 0 Å². The first kappa shape index (κ1) is 15.9. The fraction of sp³-hybridized carbons (Fsp3) is 0.412. The molecule has 1 aliphatic heterocycles. The quantitative estimate of drug-likeness (QED) is 0.908. The highest BCUT2D eigenvalue weighted by molar-refractivity contribution is 6.35. The molecular weight excluding hydrogens is 318 g/mol. The maximum Gasteiger partial charge on any atom is 0.308 e. The van der Waals surface area contributed by atoms with E-state index >= 15 is 0 Å². The molecule has 0 aliphatic carbocycles. The molecule has 1 aromatic heterocycles. The summed E-state index contributed by atoms with van der Waals surface area (Å²) in [6.45, 7) is 3.96. The summed E-state index contributed by atoms with van der Waals surface area (Å²) in [7, 11) is 0. The number of nitrogens with zero attached hydrogens (tertiary/aromatic N) is 1. The summed E-state index contributed by atoms with van der Waals surface area (Å²) >= 11 is 6.13. The van der Waals surface area contributed by atoms with Crippen LogP contribution in [0, 0.1) is 12.8 Å². The lowest BCUT2D eigenvalue weighted by Gasteiger charge is -2.36. The third-order valence-electron chi connectivity index (χ3n) is 4.60. The van der Waals surface area contributed by atoms with Crippen LogP contribution >= 0.6 is 11.6 Å². The molecule has 1 saturated heterocycles. The van der Waals surface area contributed by atoms with Crippen LogP contribution in [0.2, 0.25) is 5.02 Å². The highest BCUT2D eigenvalue weighted by atomic mass is 35.5. The number of hydrogen-bond acceptors (Lipinski definition) is 3. The van der Waals surface area contributed by atoms with Gasteiger partial charge in [0.15, 0.2) is 11.3 Å². The van der Waals surface area contributed by atoms with Crippen molar-refractivity contribution < 1.29 is 19.1 Å². The van der Waals surface area contributed by atoms with E-state index in [4.69, 9.17) is 16.0 Å². The largest absolute Gasteiger partial charge is 0.481 e. The Kier molecular flexibility index (Phi) is 4.06. The highest BCUT2D eigenvalue weighted by Crippen LogP contribution is 2.32. The number of furan rings is 1. The van der Waals surface area contributed by atoms with Crippen LogP contribution < -0.4 is 0 Å². The number of carbonyl (C=O) groups excluding carboxylic acids is 1. The van der Waals surface area contributed by atoms with Crippen LogP contribution in [-0.2, 0) is 4.79 Å². The van der Waals surface area contributed by atoms with Gasteiger partial charge in [-0.1, -0.05) is 23.7 Å². The van der Waals surface area contributed by atoms with E-state index in [0.29, 0.717) is 23.4 Å². The Labute approximate surface area is 138 Å². The number of carbonyl (C=O) groups is 2. The van der Waals surface area contributed by atoms with E-state index in [1.807, 2.05) is 26.0 Å². The number of carboxylic acid groups (broad SMARTS) is 1. The summed E-state index contributed by atoms with van der Waals surface area (Å²) in [5.41, 5.74) is 1.23. The van der Waals surface area contributed by atoms with E-state index in [2.05, 4.69) is 0 Å². The number of hydrogen-bond donors (Lipinski definition) is 1. The fourth-order valence-corrected chi connectivity index (χ4v) is 3.35. The minimum atomic E-state index is -0.862. The molecule has 2 atom stereocenters. The zero-order valence-corrected chi connectivity index (χ0v) is 13.8. The second-order valence-electron chi connectivity index (χ2n) is 6.09. The third-order valence-corrected chi connectivity index (χ3v) is 4.90. The molecule has 23 heavy (non-hydrogen) atoms. The van der Waals surface area contributed by atoms with Crippen molar-refractivity contribution in [1.82, 2.24) is 4.90 Å². The van der Waals surface area contributed by atoms with Gasteiger partial charge in [-0.05, 0) is 32.8 Å². The van der Waals surface area contributed by atoms with Crippen LogP contribution in [0.4, 0.5) is 0 Å². The molecule has 0 radical (unpaired) electrons. The summed E-state index contributed by atoms with van der Waals surface area (Å²) in [6.07, 6.45) is 1.26. The molecule has 122 valence electrons. The Balaban J connectivity index is 1.98. The fourth-order valence-electron chi connectivity index (χ4n) is 3.13. The number of likely N-dealkylation sites (tertiary alicyclic amines) is 1. The standard InChI is InChI=1S/C17H18ClNO4/c1-9-6-7-11(17(21)22)8-19(9)16(20)14-10(2)12-4-3-5-13(18)15(12)23-14/h3-5,9,11H,6-8H2,1-2H3,(H,21,22).